The summed E-state index contributed by atoms with van der Waals surface area (Å²) < 4.78 is 66.9. The van der Waals surface area contributed by atoms with Crippen LogP contribution in [0.1, 0.15) is 36.8 Å². The molecule has 10 heteroatoms. The number of nitrogens with zero attached hydrogens (tertiary/aromatic N) is 3. The molecule has 0 radical (unpaired) electrons. The summed E-state index contributed by atoms with van der Waals surface area (Å²) in [5, 5.41) is 10.7. The zero-order chi connectivity index (χ0) is 24.3. The van der Waals surface area contributed by atoms with Crippen LogP contribution in [0.4, 0.5) is 13.2 Å². The lowest BCUT2D eigenvalue weighted by atomic mass is 10.0. The summed E-state index contributed by atoms with van der Waals surface area (Å²) in [6.07, 6.45) is 4.92. The molecule has 0 amide bonds. The maximum absolute atomic E-state index is 12.8. The molecule has 2 aliphatic carbocycles. The first-order valence-corrected chi connectivity index (χ1v) is 12.1. The minimum Gasteiger partial charge on any atom is -0.293 e. The van der Waals surface area contributed by atoms with E-state index < -0.39 is 22.2 Å². The van der Waals surface area contributed by atoms with Crippen molar-refractivity contribution in [3.05, 3.63) is 65.9 Å². The third-order valence-electron chi connectivity index (χ3n) is 6.04. The van der Waals surface area contributed by atoms with Gasteiger partial charge in [0.15, 0.2) is 0 Å². The van der Waals surface area contributed by atoms with Crippen LogP contribution >= 0.6 is 0 Å². The van der Waals surface area contributed by atoms with E-state index >= 15 is 0 Å². The molecule has 0 aliphatic heterocycles. The molecule has 6 nitrogen and oxygen atoms in total. The third kappa shape index (κ3) is 3.81. The molecule has 34 heavy (non-hydrogen) atoms. The molecule has 1 fully saturated rings. The van der Waals surface area contributed by atoms with Crippen molar-refractivity contribution in [2.24, 2.45) is 0 Å². The first-order chi connectivity index (χ1) is 16.1. The number of alkyl halides is 3. The van der Waals surface area contributed by atoms with Crippen molar-refractivity contribution < 1.29 is 21.6 Å². The van der Waals surface area contributed by atoms with Gasteiger partial charge in [0.1, 0.15) is 17.8 Å². The fourth-order valence-electron chi connectivity index (χ4n) is 3.95. The summed E-state index contributed by atoms with van der Waals surface area (Å²) in [5.74, 6) is 0.453. The number of sulfonamides is 1. The fourth-order valence-corrected chi connectivity index (χ4v) is 5.18. The molecule has 2 aliphatic rings. The molecule has 1 N–H and O–H groups in total. The van der Waals surface area contributed by atoms with Gasteiger partial charge in [-0.05, 0) is 61.6 Å². The van der Waals surface area contributed by atoms with Crippen LogP contribution in [0, 0.1) is 11.3 Å². The molecule has 2 heterocycles. The molecule has 0 saturated heterocycles. The van der Waals surface area contributed by atoms with Crippen LogP contribution in [0.5, 0.6) is 0 Å². The van der Waals surface area contributed by atoms with Gasteiger partial charge >= 0.3 is 6.18 Å². The van der Waals surface area contributed by atoms with Gasteiger partial charge in [0.25, 0.3) is 0 Å². The van der Waals surface area contributed by atoms with Gasteiger partial charge in [-0.15, -0.1) is 0 Å². The van der Waals surface area contributed by atoms with Gasteiger partial charge in [-0.3, -0.25) is 4.57 Å². The average Bonchev–Trinajstić information content (AvgIpc) is 3.55. The second kappa shape index (κ2) is 7.82. The second-order valence-corrected chi connectivity index (χ2v) is 10.2. The Morgan fingerprint density at radius 2 is 1.91 bits per heavy atom. The number of aromatic nitrogens is 2. The molecular formula is C24H19F3N4O2S. The van der Waals surface area contributed by atoms with Crippen molar-refractivity contribution in [1.29, 1.82) is 5.26 Å². The highest BCUT2D eigenvalue weighted by Crippen LogP contribution is 2.43. The summed E-state index contributed by atoms with van der Waals surface area (Å²) in [6, 6.07) is 7.47. The zero-order valence-electron chi connectivity index (χ0n) is 18.0. The van der Waals surface area contributed by atoms with Crippen LogP contribution in [-0.2, 0) is 10.0 Å². The van der Waals surface area contributed by atoms with Crippen LogP contribution in [0.2, 0.25) is 0 Å². The van der Waals surface area contributed by atoms with Crippen LogP contribution in [-0.4, -0.2) is 30.2 Å². The first-order valence-electron chi connectivity index (χ1n) is 10.6. The van der Waals surface area contributed by atoms with Gasteiger partial charge < -0.3 is 0 Å². The van der Waals surface area contributed by atoms with Crippen LogP contribution < -0.4 is 4.72 Å². The third-order valence-corrected chi connectivity index (χ3v) is 7.60. The number of allylic oxidation sites excluding steroid dienone is 4. The maximum Gasteiger partial charge on any atom is 0.404 e. The number of benzene rings is 1. The van der Waals surface area contributed by atoms with Gasteiger partial charge in [-0.2, -0.15) is 23.2 Å². The Kier molecular flexibility index (Phi) is 5.15. The van der Waals surface area contributed by atoms with Crippen LogP contribution in [0.25, 0.3) is 28.0 Å². The topological polar surface area (TPSA) is 87.8 Å². The van der Waals surface area contributed by atoms with Crippen molar-refractivity contribution in [1.82, 2.24) is 14.3 Å². The van der Waals surface area contributed by atoms with Crippen molar-refractivity contribution in [3.63, 3.8) is 0 Å². The van der Waals surface area contributed by atoms with E-state index in [1.54, 1.807) is 4.72 Å². The first kappa shape index (κ1) is 22.4. The van der Waals surface area contributed by atoms with Crippen molar-refractivity contribution in [2.75, 3.05) is 0 Å². The molecule has 1 aromatic carbocycles. The SMILES string of the molecule is CC(NS(=O)(=O)c1ccc(-c2c(C#N)c3cc(C4CC4)cnc3n2C2=CC=C2)cc1)C(F)(F)F. The average molecular weight is 485 g/mol. The van der Waals surface area contributed by atoms with Gasteiger partial charge in [0.05, 0.1) is 16.2 Å². The van der Waals surface area contributed by atoms with E-state index in [0.29, 0.717) is 33.8 Å². The zero-order valence-corrected chi connectivity index (χ0v) is 18.8. The molecule has 2 aromatic heterocycles. The number of hydrogen-bond donors (Lipinski definition) is 1. The van der Waals surface area contributed by atoms with Crippen molar-refractivity contribution in [2.45, 2.75) is 42.8 Å². The Balaban J connectivity index is 1.60. The highest BCUT2D eigenvalue weighted by atomic mass is 32.2. The van der Waals surface area contributed by atoms with Crippen LogP contribution in [0.15, 0.2) is 59.7 Å². The standard InChI is InChI=1S/C24H19F3N4O2S/c1-14(24(25,26)27)30-34(32,33)19-9-7-16(8-10-19)22-21(12-28)20-11-17(15-5-6-15)13-29-23(20)31(22)18-3-2-4-18/h2-4,7-11,13-15,30H,5-6H2,1H3. The maximum atomic E-state index is 12.8. The Bertz CT molecular complexity index is 1510. The molecule has 1 saturated carbocycles. The molecule has 3 aromatic rings. The molecule has 1 atom stereocenters. The number of halogens is 3. The molecule has 174 valence electrons. The van der Waals surface area contributed by atoms with Gasteiger partial charge in [-0.25, -0.2) is 13.4 Å². The van der Waals surface area contributed by atoms with Crippen molar-refractivity contribution >= 4 is 26.8 Å². The predicted molar refractivity (Wildman–Crippen MR) is 121 cm³/mol. The molecule has 1 unspecified atom stereocenters. The molecule has 5 rings (SSSR count). The van der Waals surface area contributed by atoms with E-state index in [2.05, 4.69) is 11.1 Å². The van der Waals surface area contributed by atoms with Gasteiger partial charge in [-0.1, -0.05) is 18.2 Å². The predicted octanol–water partition coefficient (Wildman–Crippen LogP) is 5.09. The smallest absolute Gasteiger partial charge is 0.293 e. The van der Waals surface area contributed by atoms with E-state index in [9.17, 15) is 26.9 Å². The lowest BCUT2D eigenvalue weighted by Crippen LogP contribution is -2.42. The number of hydrogen-bond acceptors (Lipinski definition) is 4. The number of pyridine rings is 1. The number of nitriles is 1. The number of nitrogens with one attached hydrogen (secondary N) is 1. The molecule has 0 spiro atoms. The monoisotopic (exact) mass is 484 g/mol. The van der Waals surface area contributed by atoms with Crippen LogP contribution in [0.3, 0.4) is 0 Å². The Morgan fingerprint density at radius 3 is 2.44 bits per heavy atom. The Morgan fingerprint density at radius 1 is 1.24 bits per heavy atom. The Labute approximate surface area is 194 Å². The summed E-state index contributed by atoms with van der Waals surface area (Å²) in [6.45, 7) is 0.742. The molecular weight excluding hydrogens is 465 g/mol. The van der Waals surface area contributed by atoms with E-state index in [1.165, 1.54) is 24.3 Å². The lowest BCUT2D eigenvalue weighted by Gasteiger charge is -2.18. The minimum absolute atomic E-state index is 0.301. The number of fused-ring (bicyclic) bond motifs is 1. The quantitative estimate of drug-likeness (QED) is 0.528. The summed E-state index contributed by atoms with van der Waals surface area (Å²) >= 11 is 0. The summed E-state index contributed by atoms with van der Waals surface area (Å²) in [5.41, 5.74) is 4.03. The van der Waals surface area contributed by atoms with E-state index in [1.807, 2.05) is 35.1 Å². The summed E-state index contributed by atoms with van der Waals surface area (Å²) in [4.78, 5) is 4.34. The minimum atomic E-state index is -4.70. The fraction of sp³-hybridized carbons (Fsp3) is 0.250. The van der Waals surface area contributed by atoms with Gasteiger partial charge in [0, 0.05) is 22.8 Å². The highest BCUT2D eigenvalue weighted by molar-refractivity contribution is 7.89. The van der Waals surface area contributed by atoms with Crippen molar-refractivity contribution in [3.8, 4) is 17.3 Å². The van der Waals surface area contributed by atoms with E-state index in [0.717, 1.165) is 31.0 Å². The number of rotatable bonds is 6. The summed E-state index contributed by atoms with van der Waals surface area (Å²) in [7, 11) is -4.39. The Hall–Kier alpha value is -3.42. The highest BCUT2D eigenvalue weighted by Gasteiger charge is 2.39. The molecule has 0 bridgehead atoms. The van der Waals surface area contributed by atoms with Gasteiger partial charge in [0.2, 0.25) is 10.0 Å². The second-order valence-electron chi connectivity index (χ2n) is 8.44. The van der Waals surface area contributed by atoms with E-state index in [4.69, 9.17) is 0 Å². The normalized spacial score (nSPS) is 16.7. The lowest BCUT2D eigenvalue weighted by molar-refractivity contribution is -0.147. The largest absolute Gasteiger partial charge is 0.404 e. The van der Waals surface area contributed by atoms with E-state index in [-0.39, 0.29) is 4.90 Å².